The summed E-state index contributed by atoms with van der Waals surface area (Å²) in [4.78, 5) is 4.09. The van der Waals surface area contributed by atoms with E-state index < -0.39 is 11.6 Å². The number of benzene rings is 1. The fraction of sp³-hybridized carbons (Fsp3) is 0.0714. The van der Waals surface area contributed by atoms with Crippen LogP contribution in [0.2, 0.25) is 10.2 Å². The van der Waals surface area contributed by atoms with Crippen LogP contribution in [0.1, 0.15) is 5.56 Å². The first-order valence-electron chi connectivity index (χ1n) is 6.23. The molecular formula is C14H7Cl2F3N2OS. The smallest absolute Gasteiger partial charge is 0.233 e. The molecule has 3 aromatic rings. The molecule has 2 aromatic heterocycles. The van der Waals surface area contributed by atoms with Crippen molar-refractivity contribution in [1.29, 1.82) is 0 Å². The molecule has 0 spiro atoms. The molecule has 0 bridgehead atoms. The number of hydrogen-bond acceptors (Lipinski definition) is 3. The Morgan fingerprint density at radius 2 is 1.87 bits per heavy atom. The third-order valence-corrected chi connectivity index (χ3v) is 4.29. The van der Waals surface area contributed by atoms with Gasteiger partial charge in [0.1, 0.15) is 28.4 Å². The molecule has 0 radical (unpaired) electrons. The highest BCUT2D eigenvalue weighted by atomic mass is 35.5. The molecule has 0 fully saturated rings. The number of pyridine rings is 1. The van der Waals surface area contributed by atoms with E-state index in [-0.39, 0.29) is 40.6 Å². The van der Waals surface area contributed by atoms with Crippen LogP contribution < -0.4 is 4.74 Å². The van der Waals surface area contributed by atoms with Crippen molar-refractivity contribution in [3.63, 3.8) is 0 Å². The van der Waals surface area contributed by atoms with Gasteiger partial charge in [-0.2, -0.15) is 0 Å². The van der Waals surface area contributed by atoms with Gasteiger partial charge in [-0.1, -0.05) is 29.3 Å². The predicted octanol–water partition coefficient (Wildman–Crippen LogP) is 5.58. The highest BCUT2D eigenvalue weighted by Crippen LogP contribution is 2.33. The van der Waals surface area contributed by atoms with Gasteiger partial charge in [0.2, 0.25) is 5.88 Å². The molecule has 9 heteroatoms. The molecule has 0 N–H and O–H groups in total. The number of aromatic nitrogens is 2. The third kappa shape index (κ3) is 3.08. The summed E-state index contributed by atoms with van der Waals surface area (Å²) in [5.74, 6) is -1.49. The van der Waals surface area contributed by atoms with E-state index in [1.165, 1.54) is 18.2 Å². The van der Waals surface area contributed by atoms with Crippen molar-refractivity contribution in [2.24, 2.45) is 0 Å². The van der Waals surface area contributed by atoms with Gasteiger partial charge in [-0.05, 0) is 18.2 Å². The van der Waals surface area contributed by atoms with E-state index in [2.05, 4.69) is 4.98 Å². The van der Waals surface area contributed by atoms with Crippen molar-refractivity contribution in [1.82, 2.24) is 8.96 Å². The number of hydrogen-bond donors (Lipinski definition) is 0. The summed E-state index contributed by atoms with van der Waals surface area (Å²) in [5, 5.41) is 0.188. The zero-order chi connectivity index (χ0) is 16.6. The SMILES string of the molecule is FSn1c(Cl)cc2nc(OCc3c(F)cccc3F)c(Cl)cc21. The molecule has 0 aliphatic heterocycles. The molecule has 1 aromatic carbocycles. The summed E-state index contributed by atoms with van der Waals surface area (Å²) in [6, 6.07) is 6.34. The Balaban J connectivity index is 1.93. The minimum atomic E-state index is -0.731. The second kappa shape index (κ2) is 6.51. The highest BCUT2D eigenvalue weighted by Gasteiger charge is 2.15. The van der Waals surface area contributed by atoms with Gasteiger partial charge >= 0.3 is 0 Å². The van der Waals surface area contributed by atoms with Crippen molar-refractivity contribution in [3.05, 3.63) is 57.7 Å². The zero-order valence-corrected chi connectivity index (χ0v) is 13.5. The van der Waals surface area contributed by atoms with E-state index in [0.29, 0.717) is 11.0 Å². The molecule has 0 saturated heterocycles. The quantitative estimate of drug-likeness (QED) is 0.592. The van der Waals surface area contributed by atoms with Crippen LogP contribution in [0.25, 0.3) is 11.0 Å². The van der Waals surface area contributed by atoms with Crippen LogP contribution in [0.5, 0.6) is 5.88 Å². The van der Waals surface area contributed by atoms with Gasteiger partial charge in [-0.25, -0.2) is 17.7 Å². The van der Waals surface area contributed by atoms with Crippen molar-refractivity contribution >= 4 is 46.6 Å². The third-order valence-electron chi connectivity index (χ3n) is 3.10. The van der Waals surface area contributed by atoms with Gasteiger partial charge in [0.15, 0.2) is 12.3 Å². The Kier molecular flexibility index (Phi) is 4.61. The van der Waals surface area contributed by atoms with E-state index in [0.717, 1.165) is 16.1 Å². The molecule has 0 saturated carbocycles. The average Bonchev–Trinajstić information content (AvgIpc) is 2.81. The Hall–Kier alpha value is -1.57. The maximum absolute atomic E-state index is 13.6. The first kappa shape index (κ1) is 16.3. The van der Waals surface area contributed by atoms with Crippen LogP contribution in [0.3, 0.4) is 0 Å². The highest BCUT2D eigenvalue weighted by molar-refractivity contribution is 7.93. The average molecular weight is 379 g/mol. The van der Waals surface area contributed by atoms with Gasteiger partial charge in [-0.3, -0.25) is 0 Å². The summed E-state index contributed by atoms with van der Waals surface area (Å²) in [6.07, 6.45) is 0. The molecule has 0 atom stereocenters. The molecule has 23 heavy (non-hydrogen) atoms. The second-order valence-electron chi connectivity index (χ2n) is 4.50. The Bertz CT molecular complexity index is 868. The normalized spacial score (nSPS) is 11.2. The van der Waals surface area contributed by atoms with Crippen LogP contribution in [0.4, 0.5) is 12.7 Å². The first-order valence-corrected chi connectivity index (χ1v) is 7.66. The lowest BCUT2D eigenvalue weighted by atomic mass is 10.2. The van der Waals surface area contributed by atoms with E-state index >= 15 is 0 Å². The van der Waals surface area contributed by atoms with Crippen LogP contribution >= 0.6 is 35.5 Å². The van der Waals surface area contributed by atoms with Crippen LogP contribution in [-0.2, 0) is 6.61 Å². The molecular weight excluding hydrogens is 372 g/mol. The summed E-state index contributed by atoms with van der Waals surface area (Å²) >= 11 is 11.8. The molecule has 120 valence electrons. The lowest BCUT2D eigenvalue weighted by Crippen LogP contribution is -2.03. The van der Waals surface area contributed by atoms with E-state index in [9.17, 15) is 12.7 Å². The summed E-state index contributed by atoms with van der Waals surface area (Å²) < 4.78 is 46.4. The summed E-state index contributed by atoms with van der Waals surface area (Å²) in [7, 11) is 0. The van der Waals surface area contributed by atoms with Gasteiger partial charge < -0.3 is 4.74 Å². The predicted molar refractivity (Wildman–Crippen MR) is 84.5 cm³/mol. The van der Waals surface area contributed by atoms with Crippen LogP contribution in [-0.4, -0.2) is 8.96 Å². The monoisotopic (exact) mass is 378 g/mol. The maximum Gasteiger partial charge on any atom is 0.233 e. The topological polar surface area (TPSA) is 27.1 Å². The van der Waals surface area contributed by atoms with E-state index in [4.69, 9.17) is 27.9 Å². The second-order valence-corrected chi connectivity index (χ2v) is 5.80. The molecule has 0 aliphatic carbocycles. The largest absolute Gasteiger partial charge is 0.471 e. The minimum Gasteiger partial charge on any atom is -0.471 e. The number of halogens is 5. The number of rotatable bonds is 4. The van der Waals surface area contributed by atoms with Crippen molar-refractivity contribution in [2.75, 3.05) is 0 Å². The van der Waals surface area contributed by atoms with E-state index in [1.54, 1.807) is 0 Å². The van der Waals surface area contributed by atoms with Gasteiger partial charge in [0.05, 0.1) is 16.6 Å². The Morgan fingerprint density at radius 3 is 2.52 bits per heavy atom. The molecule has 0 aliphatic rings. The van der Waals surface area contributed by atoms with Crippen LogP contribution in [0, 0.1) is 11.6 Å². The summed E-state index contributed by atoms with van der Waals surface area (Å²) in [5.41, 5.74) is 0.464. The standard InChI is InChI=1S/C14H7Cl2F3N2OS/c15-8-4-12-11(5-13(16)21(12)23-19)20-14(8)22-6-7-9(17)2-1-3-10(7)18/h1-5H,6H2. The maximum atomic E-state index is 13.6. The van der Waals surface area contributed by atoms with Crippen molar-refractivity contribution in [2.45, 2.75) is 6.61 Å². The fourth-order valence-corrected chi connectivity index (χ4v) is 2.83. The summed E-state index contributed by atoms with van der Waals surface area (Å²) in [6.45, 7) is -0.386. The van der Waals surface area contributed by atoms with Gasteiger partial charge in [-0.15, -0.1) is 3.89 Å². The number of ether oxygens (including phenoxy) is 1. The van der Waals surface area contributed by atoms with Gasteiger partial charge in [0, 0.05) is 6.07 Å². The first-order chi connectivity index (χ1) is 11.0. The lowest BCUT2D eigenvalue weighted by Gasteiger charge is -2.09. The van der Waals surface area contributed by atoms with Crippen LogP contribution in [0.15, 0.2) is 30.3 Å². The molecule has 0 amide bonds. The lowest BCUT2D eigenvalue weighted by molar-refractivity contribution is 0.282. The van der Waals surface area contributed by atoms with Gasteiger partial charge in [0.25, 0.3) is 0 Å². The zero-order valence-electron chi connectivity index (χ0n) is 11.2. The molecule has 3 rings (SSSR count). The Labute approximate surface area is 143 Å². The number of nitrogens with zero attached hydrogens (tertiary/aromatic N) is 2. The van der Waals surface area contributed by atoms with Crippen molar-refractivity contribution in [3.8, 4) is 5.88 Å². The number of fused-ring (bicyclic) bond motifs is 1. The van der Waals surface area contributed by atoms with E-state index in [1.807, 2.05) is 0 Å². The molecule has 2 heterocycles. The Morgan fingerprint density at radius 1 is 1.17 bits per heavy atom. The minimum absolute atomic E-state index is 0.0282. The van der Waals surface area contributed by atoms with Crippen molar-refractivity contribution < 1.29 is 17.4 Å². The fourth-order valence-electron chi connectivity index (χ4n) is 2.01. The molecule has 3 nitrogen and oxygen atoms in total. The molecule has 0 unspecified atom stereocenters.